The summed E-state index contributed by atoms with van der Waals surface area (Å²) in [6, 6.07) is 17.9. The molecule has 1 aromatic heterocycles. The summed E-state index contributed by atoms with van der Waals surface area (Å²) in [7, 11) is 1.57. The van der Waals surface area contributed by atoms with E-state index in [0.717, 1.165) is 10.9 Å². The van der Waals surface area contributed by atoms with E-state index in [2.05, 4.69) is 10.3 Å². The zero-order valence-corrected chi connectivity index (χ0v) is 19.5. The fourth-order valence-electron chi connectivity index (χ4n) is 4.02. The summed E-state index contributed by atoms with van der Waals surface area (Å²) in [5.41, 5.74) is 1.51. The number of hydrogen-bond donors (Lipinski definition) is 2. The van der Waals surface area contributed by atoms with Crippen LogP contribution in [-0.4, -0.2) is 36.2 Å². The van der Waals surface area contributed by atoms with Gasteiger partial charge < -0.3 is 29.4 Å². The van der Waals surface area contributed by atoms with Crippen LogP contribution in [-0.2, 0) is 13.1 Å². The molecule has 0 spiro atoms. The number of rotatable bonds is 6. The standard InChI is InChI=1S/C27H24FN3O5/c1-34-20-8-6-17(7-9-20)15-31(27(33)30-22-5-3-2-4-21(22)28)16-19-12-18-13-24-25(36-11-10-35-24)14-23(18)29-26(19)32/h2-9,12-14H,10-11,15-16H2,1H3,(H,29,32)(H,30,33). The Labute approximate surface area is 206 Å². The van der Waals surface area contributed by atoms with Gasteiger partial charge in [0.15, 0.2) is 11.5 Å². The van der Waals surface area contributed by atoms with E-state index in [1.165, 1.54) is 17.0 Å². The van der Waals surface area contributed by atoms with E-state index in [0.29, 0.717) is 41.5 Å². The maximum Gasteiger partial charge on any atom is 0.322 e. The minimum absolute atomic E-state index is 0.00791. The lowest BCUT2D eigenvalue weighted by atomic mass is 10.1. The molecule has 1 aliphatic heterocycles. The number of nitrogens with one attached hydrogen (secondary N) is 2. The zero-order chi connectivity index (χ0) is 25.1. The predicted molar refractivity (Wildman–Crippen MR) is 133 cm³/mol. The predicted octanol–water partition coefficient (Wildman–Crippen LogP) is 4.68. The van der Waals surface area contributed by atoms with Gasteiger partial charge in [-0.3, -0.25) is 4.79 Å². The lowest BCUT2D eigenvalue weighted by molar-refractivity contribution is 0.172. The molecule has 0 atom stereocenters. The van der Waals surface area contributed by atoms with Gasteiger partial charge in [0, 0.05) is 23.6 Å². The van der Waals surface area contributed by atoms with E-state index in [1.54, 1.807) is 49.6 Å². The highest BCUT2D eigenvalue weighted by molar-refractivity contribution is 5.89. The fourth-order valence-corrected chi connectivity index (χ4v) is 4.02. The van der Waals surface area contributed by atoms with Crippen LogP contribution in [0.15, 0.2) is 71.5 Å². The van der Waals surface area contributed by atoms with Crippen LogP contribution in [0.1, 0.15) is 11.1 Å². The Morgan fingerprint density at radius 2 is 1.75 bits per heavy atom. The molecule has 2 heterocycles. The Kier molecular flexibility index (Phi) is 6.44. The number of anilines is 1. The van der Waals surface area contributed by atoms with Gasteiger partial charge in [-0.25, -0.2) is 9.18 Å². The number of halogens is 1. The summed E-state index contributed by atoms with van der Waals surface area (Å²) in [6.45, 7) is 1.06. The van der Waals surface area contributed by atoms with Crippen molar-refractivity contribution in [3.63, 3.8) is 0 Å². The van der Waals surface area contributed by atoms with Gasteiger partial charge in [0.05, 0.1) is 24.9 Å². The highest BCUT2D eigenvalue weighted by Crippen LogP contribution is 2.33. The molecule has 2 N–H and O–H groups in total. The molecule has 0 fully saturated rings. The van der Waals surface area contributed by atoms with E-state index in [1.807, 2.05) is 12.1 Å². The molecular formula is C27H24FN3O5. The lowest BCUT2D eigenvalue weighted by Crippen LogP contribution is -2.36. The van der Waals surface area contributed by atoms with Gasteiger partial charge in [0.25, 0.3) is 5.56 Å². The van der Waals surface area contributed by atoms with Crippen LogP contribution in [0.25, 0.3) is 10.9 Å². The van der Waals surface area contributed by atoms with Crippen LogP contribution in [0, 0.1) is 5.82 Å². The maximum absolute atomic E-state index is 14.2. The van der Waals surface area contributed by atoms with E-state index in [4.69, 9.17) is 14.2 Å². The summed E-state index contributed by atoms with van der Waals surface area (Å²) in [5, 5.41) is 3.35. The number of pyridine rings is 1. The number of hydrogen-bond acceptors (Lipinski definition) is 5. The molecule has 0 saturated carbocycles. The first-order valence-electron chi connectivity index (χ1n) is 11.4. The molecule has 8 nitrogen and oxygen atoms in total. The summed E-state index contributed by atoms with van der Waals surface area (Å²) in [5.74, 6) is 1.30. The van der Waals surface area contributed by atoms with Crippen LogP contribution < -0.4 is 25.1 Å². The second kappa shape index (κ2) is 9.99. The van der Waals surface area contributed by atoms with Gasteiger partial charge in [0.2, 0.25) is 0 Å². The monoisotopic (exact) mass is 489 g/mol. The first-order chi connectivity index (χ1) is 17.5. The van der Waals surface area contributed by atoms with Crippen molar-refractivity contribution >= 4 is 22.6 Å². The number of urea groups is 1. The zero-order valence-electron chi connectivity index (χ0n) is 19.5. The Balaban J connectivity index is 1.46. The van der Waals surface area contributed by atoms with Crippen molar-refractivity contribution in [1.29, 1.82) is 0 Å². The normalized spacial score (nSPS) is 12.3. The molecule has 3 aromatic carbocycles. The van der Waals surface area contributed by atoms with Crippen molar-refractivity contribution in [2.75, 3.05) is 25.6 Å². The smallest absolute Gasteiger partial charge is 0.322 e. The second-order valence-corrected chi connectivity index (χ2v) is 8.32. The van der Waals surface area contributed by atoms with Gasteiger partial charge in [-0.1, -0.05) is 24.3 Å². The molecule has 0 aliphatic carbocycles. The Morgan fingerprint density at radius 1 is 1.03 bits per heavy atom. The Hall–Kier alpha value is -4.53. The highest BCUT2D eigenvalue weighted by atomic mass is 19.1. The number of nitrogens with zero attached hydrogens (tertiary/aromatic N) is 1. The molecule has 5 rings (SSSR count). The second-order valence-electron chi connectivity index (χ2n) is 8.32. The van der Waals surface area contributed by atoms with Crippen LogP contribution in [0.2, 0.25) is 0 Å². The van der Waals surface area contributed by atoms with E-state index < -0.39 is 11.8 Å². The number of aromatic amines is 1. The summed E-state index contributed by atoms with van der Waals surface area (Å²) in [4.78, 5) is 30.5. The van der Waals surface area contributed by atoms with Crippen LogP contribution in [0.4, 0.5) is 14.9 Å². The number of benzene rings is 3. The largest absolute Gasteiger partial charge is 0.497 e. The van der Waals surface area contributed by atoms with Gasteiger partial charge >= 0.3 is 6.03 Å². The van der Waals surface area contributed by atoms with Gasteiger partial charge in [-0.15, -0.1) is 0 Å². The van der Waals surface area contributed by atoms with Crippen molar-refractivity contribution < 1.29 is 23.4 Å². The highest BCUT2D eigenvalue weighted by Gasteiger charge is 2.20. The molecule has 4 aromatic rings. The average Bonchev–Trinajstić information content (AvgIpc) is 2.89. The number of carbonyl (C=O) groups is 1. The SMILES string of the molecule is COc1ccc(CN(Cc2cc3cc4c(cc3[nH]c2=O)OCCO4)C(=O)Nc2ccccc2F)cc1. The van der Waals surface area contributed by atoms with E-state index in [-0.39, 0.29) is 24.3 Å². The lowest BCUT2D eigenvalue weighted by Gasteiger charge is -2.24. The van der Waals surface area contributed by atoms with Crippen molar-refractivity contribution in [3.05, 3.63) is 94.0 Å². The van der Waals surface area contributed by atoms with Crippen LogP contribution >= 0.6 is 0 Å². The number of carbonyl (C=O) groups excluding carboxylic acids is 1. The average molecular weight is 490 g/mol. The minimum atomic E-state index is -0.550. The topological polar surface area (TPSA) is 92.9 Å². The molecule has 0 radical (unpaired) electrons. The molecule has 184 valence electrons. The third-order valence-corrected chi connectivity index (χ3v) is 5.88. The third kappa shape index (κ3) is 4.95. The van der Waals surface area contributed by atoms with E-state index >= 15 is 0 Å². The molecular weight excluding hydrogens is 465 g/mol. The number of fused-ring (bicyclic) bond motifs is 2. The summed E-state index contributed by atoms with van der Waals surface area (Å²) >= 11 is 0. The van der Waals surface area contributed by atoms with Crippen molar-refractivity contribution in [3.8, 4) is 17.2 Å². The fraction of sp³-hybridized carbons (Fsp3) is 0.185. The third-order valence-electron chi connectivity index (χ3n) is 5.88. The quantitative estimate of drug-likeness (QED) is 0.410. The van der Waals surface area contributed by atoms with Gasteiger partial charge in [-0.2, -0.15) is 0 Å². The Morgan fingerprint density at radius 3 is 2.47 bits per heavy atom. The summed E-state index contributed by atoms with van der Waals surface area (Å²) in [6.07, 6.45) is 0. The molecule has 0 unspecified atom stereocenters. The van der Waals surface area contributed by atoms with Gasteiger partial charge in [-0.05, 0) is 42.0 Å². The van der Waals surface area contributed by atoms with Crippen molar-refractivity contribution in [2.45, 2.75) is 13.1 Å². The molecule has 9 heteroatoms. The first-order valence-corrected chi connectivity index (χ1v) is 11.4. The number of amides is 2. The van der Waals surface area contributed by atoms with Gasteiger partial charge in [0.1, 0.15) is 24.8 Å². The number of methoxy groups -OCH3 is 1. The molecule has 0 saturated heterocycles. The maximum atomic E-state index is 14.2. The van der Waals surface area contributed by atoms with E-state index in [9.17, 15) is 14.0 Å². The first kappa shape index (κ1) is 23.2. The number of H-pyrrole nitrogens is 1. The molecule has 1 aliphatic rings. The molecule has 2 amide bonds. The van der Waals surface area contributed by atoms with Crippen molar-refractivity contribution in [2.24, 2.45) is 0 Å². The summed E-state index contributed by atoms with van der Waals surface area (Å²) < 4.78 is 30.7. The number of para-hydroxylation sites is 1. The molecule has 0 bridgehead atoms. The number of ether oxygens (including phenoxy) is 3. The molecule has 36 heavy (non-hydrogen) atoms. The minimum Gasteiger partial charge on any atom is -0.497 e. The van der Waals surface area contributed by atoms with Crippen molar-refractivity contribution in [1.82, 2.24) is 9.88 Å². The Bertz CT molecular complexity index is 1470. The number of aromatic nitrogens is 1. The van der Waals surface area contributed by atoms with Crippen LogP contribution in [0.3, 0.4) is 0 Å². The van der Waals surface area contributed by atoms with Crippen LogP contribution in [0.5, 0.6) is 17.2 Å².